The van der Waals surface area contributed by atoms with Crippen LogP contribution in [0.5, 0.6) is 0 Å². The first kappa shape index (κ1) is 9.85. The zero-order valence-corrected chi connectivity index (χ0v) is 9.93. The van der Waals surface area contributed by atoms with Gasteiger partial charge in [-0.3, -0.25) is 0 Å². The lowest BCUT2D eigenvalue weighted by Crippen LogP contribution is -2.05. The molecule has 1 heterocycles. The first-order chi connectivity index (χ1) is 6.81. The van der Waals surface area contributed by atoms with Crippen molar-refractivity contribution in [3.8, 4) is 0 Å². The average Bonchev–Trinajstić information content (AvgIpc) is 2.57. The van der Waals surface area contributed by atoms with E-state index < -0.39 is 0 Å². The molecule has 14 heavy (non-hydrogen) atoms. The largest absolute Gasteiger partial charge is 0.383 e. The van der Waals surface area contributed by atoms with E-state index in [9.17, 15) is 0 Å². The van der Waals surface area contributed by atoms with Crippen LogP contribution in [0.25, 0.3) is 11.0 Å². The van der Waals surface area contributed by atoms with Crippen molar-refractivity contribution < 1.29 is 4.74 Å². The van der Waals surface area contributed by atoms with Crippen LogP contribution in [-0.2, 0) is 11.3 Å². The quantitative estimate of drug-likeness (QED) is 0.810. The van der Waals surface area contributed by atoms with Crippen LogP contribution < -0.4 is 0 Å². The fourth-order valence-corrected chi connectivity index (χ4v) is 1.76. The number of nitrogens with zero attached hydrogens (tertiary/aromatic N) is 3. The molecule has 0 radical (unpaired) electrons. The van der Waals surface area contributed by atoms with E-state index in [1.165, 1.54) is 3.57 Å². The Morgan fingerprint density at radius 2 is 2.36 bits per heavy atom. The molecule has 74 valence electrons. The Balaban J connectivity index is 2.37. The number of rotatable bonds is 3. The number of ether oxygens (including phenoxy) is 1. The van der Waals surface area contributed by atoms with Gasteiger partial charge in [0.25, 0.3) is 0 Å². The Labute approximate surface area is 95.4 Å². The van der Waals surface area contributed by atoms with E-state index in [0.717, 1.165) is 17.6 Å². The molecule has 1 aromatic heterocycles. The number of methoxy groups -OCH3 is 1. The molecule has 2 rings (SSSR count). The van der Waals surface area contributed by atoms with Crippen LogP contribution >= 0.6 is 22.6 Å². The molecule has 0 saturated carbocycles. The van der Waals surface area contributed by atoms with Gasteiger partial charge in [0.05, 0.1) is 18.7 Å². The fourth-order valence-electron chi connectivity index (χ4n) is 1.29. The maximum absolute atomic E-state index is 5.00. The molecule has 0 aliphatic rings. The molecule has 0 unspecified atom stereocenters. The van der Waals surface area contributed by atoms with Crippen molar-refractivity contribution in [2.75, 3.05) is 13.7 Å². The first-order valence-electron chi connectivity index (χ1n) is 4.29. The molecule has 0 fully saturated rings. The van der Waals surface area contributed by atoms with Crippen LogP contribution in [-0.4, -0.2) is 28.7 Å². The molecule has 0 spiro atoms. The molecule has 0 bridgehead atoms. The summed E-state index contributed by atoms with van der Waals surface area (Å²) in [6, 6.07) is 6.11. The SMILES string of the molecule is COCCn1nnc2cc(I)ccc21. The van der Waals surface area contributed by atoms with E-state index in [2.05, 4.69) is 39.0 Å². The predicted octanol–water partition coefficient (Wildman–Crippen LogP) is 1.68. The highest BCUT2D eigenvalue weighted by molar-refractivity contribution is 14.1. The third-order valence-electron chi connectivity index (χ3n) is 1.98. The van der Waals surface area contributed by atoms with E-state index in [-0.39, 0.29) is 0 Å². The van der Waals surface area contributed by atoms with Gasteiger partial charge in [-0.25, -0.2) is 4.68 Å². The predicted molar refractivity (Wildman–Crippen MR) is 62.1 cm³/mol. The lowest BCUT2D eigenvalue weighted by Gasteiger charge is -2.00. The highest BCUT2D eigenvalue weighted by atomic mass is 127. The second kappa shape index (κ2) is 4.22. The lowest BCUT2D eigenvalue weighted by atomic mass is 10.3. The minimum absolute atomic E-state index is 0.657. The van der Waals surface area contributed by atoms with Gasteiger partial charge in [0.1, 0.15) is 5.52 Å². The number of aromatic nitrogens is 3. The number of hydrogen-bond donors (Lipinski definition) is 0. The lowest BCUT2D eigenvalue weighted by molar-refractivity contribution is 0.184. The van der Waals surface area contributed by atoms with Crippen molar-refractivity contribution in [1.82, 2.24) is 15.0 Å². The van der Waals surface area contributed by atoms with Crippen molar-refractivity contribution in [3.63, 3.8) is 0 Å². The number of benzene rings is 1. The van der Waals surface area contributed by atoms with E-state index in [1.807, 2.05) is 16.8 Å². The van der Waals surface area contributed by atoms with E-state index in [4.69, 9.17) is 4.74 Å². The Bertz CT molecular complexity index is 441. The van der Waals surface area contributed by atoms with Crippen LogP contribution in [0.15, 0.2) is 18.2 Å². The molecule has 0 aliphatic heterocycles. The van der Waals surface area contributed by atoms with Crippen molar-refractivity contribution in [2.45, 2.75) is 6.54 Å². The van der Waals surface area contributed by atoms with Crippen LogP contribution in [0.2, 0.25) is 0 Å². The Kier molecular flexibility index (Phi) is 2.97. The van der Waals surface area contributed by atoms with E-state index in [0.29, 0.717) is 6.61 Å². The molecular formula is C9H10IN3O. The smallest absolute Gasteiger partial charge is 0.114 e. The standard InChI is InChI=1S/C9H10IN3O/c1-14-5-4-13-9-3-2-7(10)6-8(9)11-12-13/h2-3,6H,4-5H2,1H3. The summed E-state index contributed by atoms with van der Waals surface area (Å²) >= 11 is 2.26. The van der Waals surface area contributed by atoms with Gasteiger partial charge in [-0.15, -0.1) is 5.10 Å². The van der Waals surface area contributed by atoms with Crippen LogP contribution in [0.3, 0.4) is 0 Å². The van der Waals surface area contributed by atoms with Crippen molar-refractivity contribution >= 4 is 33.6 Å². The summed E-state index contributed by atoms with van der Waals surface area (Å²) in [6.45, 7) is 1.40. The van der Waals surface area contributed by atoms with Gasteiger partial charge in [-0.2, -0.15) is 0 Å². The number of halogens is 1. The van der Waals surface area contributed by atoms with Crippen LogP contribution in [0.4, 0.5) is 0 Å². The summed E-state index contributed by atoms with van der Waals surface area (Å²) in [5.74, 6) is 0. The Morgan fingerprint density at radius 3 is 3.14 bits per heavy atom. The van der Waals surface area contributed by atoms with Gasteiger partial charge in [-0.05, 0) is 40.8 Å². The Hall–Kier alpha value is -0.690. The van der Waals surface area contributed by atoms with Gasteiger partial charge >= 0.3 is 0 Å². The monoisotopic (exact) mass is 303 g/mol. The number of hydrogen-bond acceptors (Lipinski definition) is 3. The van der Waals surface area contributed by atoms with Crippen molar-refractivity contribution in [2.24, 2.45) is 0 Å². The molecule has 1 aromatic carbocycles. The zero-order chi connectivity index (χ0) is 9.97. The highest BCUT2D eigenvalue weighted by Gasteiger charge is 2.03. The molecular weight excluding hydrogens is 293 g/mol. The van der Waals surface area contributed by atoms with Gasteiger partial charge in [0.15, 0.2) is 0 Å². The maximum Gasteiger partial charge on any atom is 0.114 e. The summed E-state index contributed by atoms with van der Waals surface area (Å²) in [5.41, 5.74) is 2.00. The Morgan fingerprint density at radius 1 is 1.50 bits per heavy atom. The van der Waals surface area contributed by atoms with Crippen LogP contribution in [0, 0.1) is 3.57 Å². The molecule has 0 saturated heterocycles. The van der Waals surface area contributed by atoms with E-state index in [1.54, 1.807) is 7.11 Å². The highest BCUT2D eigenvalue weighted by Crippen LogP contribution is 2.14. The molecule has 0 N–H and O–H groups in total. The maximum atomic E-state index is 5.00. The second-order valence-electron chi connectivity index (χ2n) is 2.94. The molecule has 0 atom stereocenters. The van der Waals surface area contributed by atoms with E-state index >= 15 is 0 Å². The topological polar surface area (TPSA) is 39.9 Å². The van der Waals surface area contributed by atoms with Crippen LogP contribution in [0.1, 0.15) is 0 Å². The molecule has 0 aliphatic carbocycles. The minimum atomic E-state index is 0.657. The molecule has 0 amide bonds. The molecule has 2 aromatic rings. The summed E-state index contributed by atoms with van der Waals surface area (Å²) in [7, 11) is 1.68. The zero-order valence-electron chi connectivity index (χ0n) is 7.77. The molecule has 5 heteroatoms. The second-order valence-corrected chi connectivity index (χ2v) is 4.18. The van der Waals surface area contributed by atoms with Gasteiger partial charge in [-0.1, -0.05) is 5.21 Å². The fraction of sp³-hybridized carbons (Fsp3) is 0.333. The van der Waals surface area contributed by atoms with Gasteiger partial charge in [0.2, 0.25) is 0 Å². The summed E-state index contributed by atoms with van der Waals surface area (Å²) in [5, 5.41) is 8.14. The first-order valence-corrected chi connectivity index (χ1v) is 5.37. The normalized spacial score (nSPS) is 11.0. The summed E-state index contributed by atoms with van der Waals surface area (Å²) < 4.78 is 8.03. The number of fused-ring (bicyclic) bond motifs is 1. The van der Waals surface area contributed by atoms with Gasteiger partial charge in [0, 0.05) is 10.7 Å². The summed E-state index contributed by atoms with van der Waals surface area (Å²) in [6.07, 6.45) is 0. The third-order valence-corrected chi connectivity index (χ3v) is 2.65. The summed E-state index contributed by atoms with van der Waals surface area (Å²) in [4.78, 5) is 0. The minimum Gasteiger partial charge on any atom is -0.383 e. The van der Waals surface area contributed by atoms with Gasteiger partial charge < -0.3 is 4.74 Å². The third kappa shape index (κ3) is 1.88. The van der Waals surface area contributed by atoms with Crippen molar-refractivity contribution in [3.05, 3.63) is 21.8 Å². The molecule has 4 nitrogen and oxygen atoms in total. The van der Waals surface area contributed by atoms with Crippen molar-refractivity contribution in [1.29, 1.82) is 0 Å². The average molecular weight is 303 g/mol.